The lowest BCUT2D eigenvalue weighted by Crippen LogP contribution is -2.18. The van der Waals surface area contributed by atoms with E-state index in [0.29, 0.717) is 0 Å². The van der Waals surface area contributed by atoms with Gasteiger partial charge in [0.25, 0.3) is 0 Å². The molecule has 0 aliphatic heterocycles. The summed E-state index contributed by atoms with van der Waals surface area (Å²) in [5.74, 6) is 1.20. The van der Waals surface area contributed by atoms with Crippen LogP contribution in [0.4, 0.5) is 5.69 Å². The number of phenols is 1. The van der Waals surface area contributed by atoms with E-state index in [-0.39, 0.29) is 11.8 Å². The molecule has 0 spiro atoms. The van der Waals surface area contributed by atoms with Crippen LogP contribution in [0.25, 0.3) is 0 Å². The molecule has 0 aliphatic carbocycles. The summed E-state index contributed by atoms with van der Waals surface area (Å²) in [5, 5.41) is 12.7. The van der Waals surface area contributed by atoms with Crippen molar-refractivity contribution in [3.63, 3.8) is 0 Å². The highest BCUT2D eigenvalue weighted by molar-refractivity contribution is 5.47. The molecule has 0 saturated heterocycles. The quantitative estimate of drug-likeness (QED) is 0.806. The molecule has 0 bridgehead atoms. The fourth-order valence-corrected chi connectivity index (χ4v) is 2.09. The Morgan fingerprint density at radius 1 is 1.11 bits per heavy atom. The van der Waals surface area contributed by atoms with Crippen molar-refractivity contribution in [2.75, 3.05) is 12.4 Å². The predicted octanol–water partition coefficient (Wildman–Crippen LogP) is 3.44. The molecule has 0 saturated carbocycles. The summed E-state index contributed by atoms with van der Waals surface area (Å²) < 4.78 is 5.35. The highest BCUT2D eigenvalue weighted by Gasteiger charge is 2.07. The second-order valence-electron chi connectivity index (χ2n) is 4.61. The zero-order valence-electron chi connectivity index (χ0n) is 11.3. The van der Waals surface area contributed by atoms with Crippen molar-refractivity contribution < 1.29 is 9.84 Å². The van der Waals surface area contributed by atoms with E-state index in [0.717, 1.165) is 17.9 Å². The lowest BCUT2D eigenvalue weighted by Gasteiger charge is -2.17. The standard InChI is InChI=1S/C16H19NO2/c1-12(17-14-7-9-15(18)10-8-14)11-13-5-3-4-6-16(13)19-2/h3-10,12,17-18H,11H2,1-2H3. The van der Waals surface area contributed by atoms with E-state index in [9.17, 15) is 5.11 Å². The molecule has 3 nitrogen and oxygen atoms in total. The molecule has 100 valence electrons. The smallest absolute Gasteiger partial charge is 0.122 e. The first-order chi connectivity index (χ1) is 9.19. The van der Waals surface area contributed by atoms with Crippen molar-refractivity contribution in [3.05, 3.63) is 54.1 Å². The molecule has 2 aromatic rings. The van der Waals surface area contributed by atoms with E-state index < -0.39 is 0 Å². The average molecular weight is 257 g/mol. The van der Waals surface area contributed by atoms with Crippen LogP contribution in [-0.2, 0) is 6.42 Å². The summed E-state index contributed by atoms with van der Waals surface area (Å²) in [5.41, 5.74) is 2.18. The van der Waals surface area contributed by atoms with Crippen LogP contribution in [0.2, 0.25) is 0 Å². The second kappa shape index (κ2) is 6.14. The minimum Gasteiger partial charge on any atom is -0.508 e. The number of hydrogen-bond acceptors (Lipinski definition) is 3. The number of nitrogens with one attached hydrogen (secondary N) is 1. The van der Waals surface area contributed by atoms with Gasteiger partial charge in [-0.3, -0.25) is 0 Å². The molecule has 0 heterocycles. The Morgan fingerprint density at radius 2 is 1.79 bits per heavy atom. The Balaban J connectivity index is 2.01. The molecule has 0 radical (unpaired) electrons. The Morgan fingerprint density at radius 3 is 2.47 bits per heavy atom. The van der Waals surface area contributed by atoms with Gasteiger partial charge >= 0.3 is 0 Å². The number of ether oxygens (including phenoxy) is 1. The first kappa shape index (κ1) is 13.3. The van der Waals surface area contributed by atoms with Gasteiger partial charge in [-0.25, -0.2) is 0 Å². The Bertz CT molecular complexity index is 523. The molecule has 2 aromatic carbocycles. The molecular weight excluding hydrogens is 238 g/mol. The van der Waals surface area contributed by atoms with Crippen LogP contribution in [-0.4, -0.2) is 18.3 Å². The Hall–Kier alpha value is -2.16. The van der Waals surface area contributed by atoms with Gasteiger partial charge < -0.3 is 15.2 Å². The summed E-state index contributed by atoms with van der Waals surface area (Å²) >= 11 is 0. The number of methoxy groups -OCH3 is 1. The first-order valence-electron chi connectivity index (χ1n) is 6.36. The minimum absolute atomic E-state index is 0.279. The van der Waals surface area contributed by atoms with E-state index in [2.05, 4.69) is 18.3 Å². The number of hydrogen-bond donors (Lipinski definition) is 2. The molecule has 2 rings (SSSR count). The second-order valence-corrected chi connectivity index (χ2v) is 4.61. The third kappa shape index (κ3) is 3.65. The molecule has 0 amide bonds. The van der Waals surface area contributed by atoms with Crippen LogP contribution in [0.5, 0.6) is 11.5 Å². The molecule has 1 unspecified atom stereocenters. The number of anilines is 1. The highest BCUT2D eigenvalue weighted by Crippen LogP contribution is 2.21. The van der Waals surface area contributed by atoms with E-state index in [1.165, 1.54) is 5.56 Å². The van der Waals surface area contributed by atoms with Crippen molar-refractivity contribution in [3.8, 4) is 11.5 Å². The van der Waals surface area contributed by atoms with Crippen LogP contribution in [0.15, 0.2) is 48.5 Å². The largest absolute Gasteiger partial charge is 0.508 e. The van der Waals surface area contributed by atoms with Crippen LogP contribution < -0.4 is 10.1 Å². The summed E-state index contributed by atoms with van der Waals surface area (Å²) in [7, 11) is 1.69. The van der Waals surface area contributed by atoms with Gasteiger partial charge in [0.1, 0.15) is 11.5 Å². The van der Waals surface area contributed by atoms with Gasteiger partial charge in [-0.2, -0.15) is 0 Å². The number of aromatic hydroxyl groups is 1. The SMILES string of the molecule is COc1ccccc1CC(C)Nc1ccc(O)cc1. The predicted molar refractivity (Wildman–Crippen MR) is 77.9 cm³/mol. The molecule has 0 fully saturated rings. The molecule has 0 aliphatic rings. The molecule has 1 atom stereocenters. The third-order valence-electron chi connectivity index (χ3n) is 3.00. The zero-order valence-corrected chi connectivity index (χ0v) is 11.3. The average Bonchev–Trinajstić information content (AvgIpc) is 2.42. The van der Waals surface area contributed by atoms with Crippen LogP contribution in [0, 0.1) is 0 Å². The molecule has 2 N–H and O–H groups in total. The van der Waals surface area contributed by atoms with Crippen LogP contribution in [0.3, 0.4) is 0 Å². The van der Waals surface area contributed by atoms with Crippen molar-refractivity contribution in [1.29, 1.82) is 0 Å². The third-order valence-corrected chi connectivity index (χ3v) is 3.00. The van der Waals surface area contributed by atoms with Gasteiger partial charge in [-0.1, -0.05) is 18.2 Å². The van der Waals surface area contributed by atoms with Gasteiger partial charge in [0.15, 0.2) is 0 Å². The normalized spacial score (nSPS) is 11.9. The lowest BCUT2D eigenvalue weighted by molar-refractivity contribution is 0.409. The summed E-state index contributed by atoms with van der Waals surface area (Å²) in [6.45, 7) is 2.12. The summed E-state index contributed by atoms with van der Waals surface area (Å²) in [6.07, 6.45) is 0.880. The maximum atomic E-state index is 9.25. The van der Waals surface area contributed by atoms with Gasteiger partial charge in [0.2, 0.25) is 0 Å². The summed E-state index contributed by atoms with van der Waals surface area (Å²) in [4.78, 5) is 0. The van der Waals surface area contributed by atoms with Crippen LogP contribution >= 0.6 is 0 Å². The fourth-order valence-electron chi connectivity index (χ4n) is 2.09. The fraction of sp³-hybridized carbons (Fsp3) is 0.250. The van der Waals surface area contributed by atoms with Crippen molar-refractivity contribution >= 4 is 5.69 Å². The van der Waals surface area contributed by atoms with Crippen molar-refractivity contribution in [2.45, 2.75) is 19.4 Å². The maximum absolute atomic E-state index is 9.25. The van der Waals surface area contributed by atoms with E-state index in [4.69, 9.17) is 4.74 Å². The molecule has 3 heteroatoms. The number of phenolic OH excluding ortho intramolecular Hbond substituents is 1. The zero-order chi connectivity index (χ0) is 13.7. The van der Waals surface area contributed by atoms with Gasteiger partial charge in [0, 0.05) is 11.7 Å². The molecule has 0 aromatic heterocycles. The lowest BCUT2D eigenvalue weighted by atomic mass is 10.1. The van der Waals surface area contributed by atoms with E-state index >= 15 is 0 Å². The number of para-hydroxylation sites is 1. The minimum atomic E-state index is 0.279. The van der Waals surface area contributed by atoms with E-state index in [1.54, 1.807) is 19.2 Å². The highest BCUT2D eigenvalue weighted by atomic mass is 16.5. The van der Waals surface area contributed by atoms with Gasteiger partial charge in [-0.05, 0) is 49.2 Å². The number of benzene rings is 2. The van der Waals surface area contributed by atoms with E-state index in [1.807, 2.05) is 30.3 Å². The molecule has 19 heavy (non-hydrogen) atoms. The topological polar surface area (TPSA) is 41.5 Å². The summed E-state index contributed by atoms with van der Waals surface area (Å²) in [6, 6.07) is 15.4. The molecular formula is C16H19NO2. The van der Waals surface area contributed by atoms with Gasteiger partial charge in [0.05, 0.1) is 7.11 Å². The number of rotatable bonds is 5. The van der Waals surface area contributed by atoms with Gasteiger partial charge in [-0.15, -0.1) is 0 Å². The first-order valence-corrected chi connectivity index (χ1v) is 6.36. The Labute approximate surface area is 113 Å². The Kier molecular flexibility index (Phi) is 4.29. The monoisotopic (exact) mass is 257 g/mol. The van der Waals surface area contributed by atoms with Crippen molar-refractivity contribution in [2.24, 2.45) is 0 Å². The van der Waals surface area contributed by atoms with Crippen LogP contribution in [0.1, 0.15) is 12.5 Å². The van der Waals surface area contributed by atoms with Crippen molar-refractivity contribution in [1.82, 2.24) is 0 Å². The maximum Gasteiger partial charge on any atom is 0.122 e.